The molecule has 2 aromatic rings. The van der Waals surface area contributed by atoms with Gasteiger partial charge in [0.25, 0.3) is 0 Å². The summed E-state index contributed by atoms with van der Waals surface area (Å²) in [6.07, 6.45) is 1.10. The average molecular weight is 313 g/mol. The highest BCUT2D eigenvalue weighted by atomic mass is 35.5. The summed E-state index contributed by atoms with van der Waals surface area (Å²) < 4.78 is 1.47. The number of hydrogen-bond acceptors (Lipinski definition) is 4. The van der Waals surface area contributed by atoms with Crippen LogP contribution in [0.25, 0.3) is 0 Å². The van der Waals surface area contributed by atoms with Gasteiger partial charge in [0.1, 0.15) is 0 Å². The summed E-state index contributed by atoms with van der Waals surface area (Å²) in [7, 11) is 1.68. The summed E-state index contributed by atoms with van der Waals surface area (Å²) in [6, 6.07) is 5.88. The van der Waals surface area contributed by atoms with E-state index >= 15 is 0 Å². The fourth-order valence-corrected chi connectivity index (χ4v) is 2.81. The molecule has 0 amide bonds. The minimum Gasteiger partial charge on any atom is -0.313 e. The third-order valence-electron chi connectivity index (χ3n) is 2.81. The maximum atomic E-state index is 11.3. The lowest BCUT2D eigenvalue weighted by molar-refractivity contribution is 0.675. The molecule has 1 heterocycles. The van der Waals surface area contributed by atoms with Crippen molar-refractivity contribution in [2.75, 3.05) is 6.54 Å². The Kier molecular flexibility index (Phi) is 5.28. The fraction of sp³-hybridized carbons (Fsp3) is 0.385. The highest BCUT2D eigenvalue weighted by Crippen LogP contribution is 2.28. The highest BCUT2D eigenvalue weighted by molar-refractivity contribution is 7.99. The average Bonchev–Trinajstić information content (AvgIpc) is 2.73. The Morgan fingerprint density at radius 1 is 1.50 bits per heavy atom. The van der Waals surface area contributed by atoms with Gasteiger partial charge >= 0.3 is 5.69 Å². The number of nitrogens with zero attached hydrogens (tertiary/aromatic N) is 2. The van der Waals surface area contributed by atoms with E-state index < -0.39 is 0 Å². The zero-order valence-electron chi connectivity index (χ0n) is 11.4. The van der Waals surface area contributed by atoms with Crippen molar-refractivity contribution in [3.63, 3.8) is 0 Å². The second-order valence-electron chi connectivity index (χ2n) is 4.40. The number of benzene rings is 1. The Morgan fingerprint density at radius 2 is 2.30 bits per heavy atom. The van der Waals surface area contributed by atoms with Gasteiger partial charge in [-0.05, 0) is 42.4 Å². The zero-order valence-corrected chi connectivity index (χ0v) is 13.0. The largest absolute Gasteiger partial charge is 0.343 e. The first kappa shape index (κ1) is 15.2. The molecule has 0 atom stereocenters. The molecule has 0 unspecified atom stereocenters. The molecule has 0 aliphatic carbocycles. The molecule has 20 heavy (non-hydrogen) atoms. The van der Waals surface area contributed by atoms with Gasteiger partial charge in [0.15, 0.2) is 5.16 Å². The van der Waals surface area contributed by atoms with Crippen LogP contribution in [-0.4, -0.2) is 21.3 Å². The highest BCUT2D eigenvalue weighted by Gasteiger charge is 2.08. The van der Waals surface area contributed by atoms with Crippen molar-refractivity contribution in [1.29, 1.82) is 0 Å². The molecule has 2 rings (SSSR count). The Bertz CT molecular complexity index is 638. The molecular weight excluding hydrogens is 296 g/mol. The predicted molar refractivity (Wildman–Crippen MR) is 81.4 cm³/mol. The van der Waals surface area contributed by atoms with Gasteiger partial charge in [-0.25, -0.2) is 9.89 Å². The van der Waals surface area contributed by atoms with Crippen molar-refractivity contribution in [2.24, 2.45) is 7.05 Å². The molecule has 2 N–H and O–H groups in total. The lowest BCUT2D eigenvalue weighted by Crippen LogP contribution is -2.14. The smallest absolute Gasteiger partial charge is 0.313 e. The van der Waals surface area contributed by atoms with Crippen LogP contribution >= 0.6 is 23.4 Å². The molecule has 7 heteroatoms. The number of rotatable bonds is 6. The summed E-state index contributed by atoms with van der Waals surface area (Å²) >= 11 is 7.67. The third kappa shape index (κ3) is 3.65. The summed E-state index contributed by atoms with van der Waals surface area (Å²) in [6.45, 7) is 3.86. The van der Waals surface area contributed by atoms with E-state index in [0.29, 0.717) is 5.16 Å². The van der Waals surface area contributed by atoms with Crippen LogP contribution < -0.4 is 11.0 Å². The summed E-state index contributed by atoms with van der Waals surface area (Å²) in [5.74, 6) is 0. The van der Waals surface area contributed by atoms with Crippen LogP contribution in [0.3, 0.4) is 0 Å². The van der Waals surface area contributed by atoms with Crippen LogP contribution in [0.5, 0.6) is 0 Å². The van der Waals surface area contributed by atoms with Crippen molar-refractivity contribution < 1.29 is 0 Å². The van der Waals surface area contributed by atoms with E-state index in [9.17, 15) is 4.79 Å². The lowest BCUT2D eigenvalue weighted by atomic mass is 10.2. The number of aromatic amines is 1. The van der Waals surface area contributed by atoms with E-state index in [4.69, 9.17) is 11.6 Å². The molecule has 0 saturated carbocycles. The number of halogens is 1. The van der Waals surface area contributed by atoms with Crippen LogP contribution in [-0.2, 0) is 13.6 Å². The van der Waals surface area contributed by atoms with Crippen LogP contribution in [0.1, 0.15) is 18.9 Å². The van der Waals surface area contributed by atoms with E-state index in [1.54, 1.807) is 7.05 Å². The number of hydrogen-bond donors (Lipinski definition) is 2. The topological polar surface area (TPSA) is 62.7 Å². The maximum absolute atomic E-state index is 11.3. The molecule has 1 aromatic carbocycles. The van der Waals surface area contributed by atoms with Gasteiger partial charge < -0.3 is 5.32 Å². The van der Waals surface area contributed by atoms with Crippen molar-refractivity contribution in [1.82, 2.24) is 20.1 Å². The summed E-state index contributed by atoms with van der Waals surface area (Å²) in [5, 5.41) is 11.0. The molecule has 0 radical (unpaired) electrons. The van der Waals surface area contributed by atoms with Gasteiger partial charge in [0, 0.05) is 23.5 Å². The monoisotopic (exact) mass is 312 g/mol. The minimum absolute atomic E-state index is 0.223. The van der Waals surface area contributed by atoms with Gasteiger partial charge in [0.2, 0.25) is 0 Å². The quantitative estimate of drug-likeness (QED) is 0.804. The van der Waals surface area contributed by atoms with Gasteiger partial charge in [-0.15, -0.1) is 5.10 Å². The van der Waals surface area contributed by atoms with E-state index in [1.807, 2.05) is 18.2 Å². The van der Waals surface area contributed by atoms with Gasteiger partial charge in [-0.3, -0.25) is 4.57 Å². The Labute approximate surface area is 126 Å². The molecule has 0 aliphatic rings. The Hall–Kier alpha value is -1.24. The molecule has 0 spiro atoms. The normalized spacial score (nSPS) is 10.9. The minimum atomic E-state index is -0.223. The number of H-pyrrole nitrogens is 1. The first-order valence-electron chi connectivity index (χ1n) is 6.40. The van der Waals surface area contributed by atoms with Crippen LogP contribution in [0.15, 0.2) is 33.0 Å². The molecule has 0 bridgehead atoms. The first-order chi connectivity index (χ1) is 9.61. The second-order valence-corrected chi connectivity index (χ2v) is 5.85. The lowest BCUT2D eigenvalue weighted by Gasteiger charge is -2.07. The Morgan fingerprint density at radius 3 is 2.90 bits per heavy atom. The van der Waals surface area contributed by atoms with E-state index in [2.05, 4.69) is 22.4 Å². The molecule has 5 nitrogen and oxygen atoms in total. The van der Waals surface area contributed by atoms with Crippen LogP contribution in [0.4, 0.5) is 0 Å². The van der Waals surface area contributed by atoms with Crippen LogP contribution in [0, 0.1) is 0 Å². The standard InChI is InChI=1S/C13H17ClN4OS/c1-3-6-15-8-9-4-5-10(7-11(9)14)20-13-17-16-12(19)18(13)2/h4-5,7,15H,3,6,8H2,1-2H3,(H,16,19). The predicted octanol–water partition coefficient (Wildman–Crippen LogP) is 2.41. The first-order valence-corrected chi connectivity index (χ1v) is 7.59. The SMILES string of the molecule is CCCNCc1ccc(Sc2n[nH]c(=O)n2C)cc1Cl. The van der Waals surface area contributed by atoms with Crippen molar-refractivity contribution in [2.45, 2.75) is 29.9 Å². The third-order valence-corrected chi connectivity index (χ3v) is 4.20. The van der Waals surface area contributed by atoms with Crippen molar-refractivity contribution >= 4 is 23.4 Å². The molecule has 108 valence electrons. The van der Waals surface area contributed by atoms with E-state index in [0.717, 1.165) is 35.0 Å². The molecular formula is C13H17ClN4OS. The molecule has 0 saturated heterocycles. The maximum Gasteiger partial charge on any atom is 0.343 e. The Balaban J connectivity index is 2.09. The zero-order chi connectivity index (χ0) is 14.5. The van der Waals surface area contributed by atoms with Crippen molar-refractivity contribution in [3.05, 3.63) is 39.3 Å². The second kappa shape index (κ2) is 6.97. The van der Waals surface area contributed by atoms with E-state index in [-0.39, 0.29) is 5.69 Å². The summed E-state index contributed by atoms with van der Waals surface area (Å²) in [4.78, 5) is 12.2. The number of nitrogens with one attached hydrogen (secondary N) is 2. The van der Waals surface area contributed by atoms with E-state index in [1.165, 1.54) is 16.3 Å². The van der Waals surface area contributed by atoms with Crippen LogP contribution in [0.2, 0.25) is 5.02 Å². The summed E-state index contributed by atoms with van der Waals surface area (Å²) in [5.41, 5.74) is 0.847. The van der Waals surface area contributed by atoms with Gasteiger partial charge in [-0.1, -0.05) is 24.6 Å². The van der Waals surface area contributed by atoms with Gasteiger partial charge in [0.05, 0.1) is 0 Å². The van der Waals surface area contributed by atoms with Crippen molar-refractivity contribution in [3.8, 4) is 0 Å². The molecule has 0 fully saturated rings. The van der Waals surface area contributed by atoms with Gasteiger partial charge in [-0.2, -0.15) is 0 Å². The fourth-order valence-electron chi connectivity index (χ4n) is 1.66. The number of aromatic nitrogens is 3. The molecule has 1 aromatic heterocycles. The molecule has 0 aliphatic heterocycles.